The van der Waals surface area contributed by atoms with Crippen molar-refractivity contribution in [1.29, 1.82) is 5.26 Å². The molecule has 0 spiro atoms. The van der Waals surface area contributed by atoms with Gasteiger partial charge in [-0.25, -0.2) is 13.6 Å². The molecular weight excluding hydrogens is 302 g/mol. The van der Waals surface area contributed by atoms with Crippen LogP contribution in [-0.2, 0) is 16.6 Å². The number of nitriles is 1. The molecule has 8 heteroatoms. The minimum absolute atomic E-state index is 0.0555. The lowest BCUT2D eigenvalue weighted by Gasteiger charge is -2.09. The van der Waals surface area contributed by atoms with Crippen molar-refractivity contribution in [3.8, 4) is 6.07 Å². The summed E-state index contributed by atoms with van der Waals surface area (Å²) in [7, 11) is -3.69. The maximum atomic E-state index is 11.2. The number of nitrogens with zero attached hydrogens (tertiary/aromatic N) is 3. The average molecular weight is 317 g/mol. The number of primary sulfonamides is 1. The fourth-order valence-corrected chi connectivity index (χ4v) is 2.37. The van der Waals surface area contributed by atoms with E-state index in [2.05, 4.69) is 21.6 Å². The van der Waals surface area contributed by atoms with Crippen molar-refractivity contribution in [2.24, 2.45) is 5.14 Å². The summed E-state index contributed by atoms with van der Waals surface area (Å²) in [5, 5.41) is 25.2. The van der Waals surface area contributed by atoms with E-state index in [-0.39, 0.29) is 4.90 Å². The van der Waals surface area contributed by atoms with Crippen LogP contribution in [0, 0.1) is 25.2 Å². The number of nitrogens with one attached hydrogen (secondary N) is 1. The van der Waals surface area contributed by atoms with Gasteiger partial charge in [-0.05, 0) is 37.1 Å². The molecule has 0 saturated heterocycles. The Morgan fingerprint density at radius 1 is 1.23 bits per heavy atom. The van der Waals surface area contributed by atoms with Crippen molar-refractivity contribution < 1.29 is 8.42 Å². The zero-order chi connectivity index (χ0) is 16.3. The summed E-state index contributed by atoms with van der Waals surface area (Å²) in [5.41, 5.74) is 2.77. The highest BCUT2D eigenvalue weighted by Gasteiger charge is 2.11. The van der Waals surface area contributed by atoms with Gasteiger partial charge < -0.3 is 5.32 Å². The molecule has 0 bridgehead atoms. The fraction of sp³-hybridized carbons (Fsp3) is 0.214. The number of rotatable bonds is 4. The van der Waals surface area contributed by atoms with E-state index in [1.807, 2.05) is 6.92 Å². The third-order valence-corrected chi connectivity index (χ3v) is 4.21. The van der Waals surface area contributed by atoms with E-state index in [1.165, 1.54) is 12.1 Å². The Bertz CT molecular complexity index is 839. The van der Waals surface area contributed by atoms with Crippen molar-refractivity contribution in [2.45, 2.75) is 25.3 Å². The van der Waals surface area contributed by atoms with Crippen LogP contribution in [0.2, 0.25) is 0 Å². The van der Waals surface area contributed by atoms with Gasteiger partial charge >= 0.3 is 0 Å². The van der Waals surface area contributed by atoms with Gasteiger partial charge in [0.15, 0.2) is 5.82 Å². The first-order valence-corrected chi connectivity index (χ1v) is 7.97. The Labute approximate surface area is 128 Å². The topological polar surface area (TPSA) is 122 Å². The maximum absolute atomic E-state index is 11.2. The van der Waals surface area contributed by atoms with Crippen LogP contribution in [0.4, 0.5) is 5.82 Å². The SMILES string of the molecule is Cc1nnc(NCc2ccc(S(N)(=O)=O)cc2)c(C#N)c1C. The second kappa shape index (κ2) is 6.09. The largest absolute Gasteiger partial charge is 0.363 e. The average Bonchev–Trinajstić information content (AvgIpc) is 2.48. The van der Waals surface area contributed by atoms with Gasteiger partial charge in [0.2, 0.25) is 10.0 Å². The number of aromatic nitrogens is 2. The standard InChI is InChI=1S/C14H15N5O2S/c1-9-10(2)18-19-14(13(9)7-15)17-8-11-3-5-12(6-4-11)22(16,20)21/h3-6H,8H2,1-2H3,(H,17,19)(H2,16,20,21). The van der Waals surface area contributed by atoms with E-state index in [9.17, 15) is 13.7 Å². The molecule has 0 radical (unpaired) electrons. The molecule has 0 amide bonds. The number of hydrogen-bond donors (Lipinski definition) is 2. The Morgan fingerprint density at radius 3 is 2.41 bits per heavy atom. The van der Waals surface area contributed by atoms with Gasteiger partial charge in [-0.15, -0.1) is 5.10 Å². The molecule has 1 aromatic heterocycles. The first-order chi connectivity index (χ1) is 10.3. The van der Waals surface area contributed by atoms with Gasteiger partial charge in [0.1, 0.15) is 11.6 Å². The van der Waals surface area contributed by atoms with Crippen LogP contribution in [0.3, 0.4) is 0 Å². The van der Waals surface area contributed by atoms with Crippen LogP contribution < -0.4 is 10.5 Å². The summed E-state index contributed by atoms with van der Waals surface area (Å²) in [6.07, 6.45) is 0. The predicted molar refractivity (Wildman–Crippen MR) is 81.4 cm³/mol. The van der Waals surface area contributed by atoms with Crippen molar-refractivity contribution in [1.82, 2.24) is 10.2 Å². The van der Waals surface area contributed by atoms with E-state index in [4.69, 9.17) is 5.14 Å². The van der Waals surface area contributed by atoms with Crippen LogP contribution in [0.25, 0.3) is 0 Å². The van der Waals surface area contributed by atoms with E-state index in [0.29, 0.717) is 23.6 Å². The van der Waals surface area contributed by atoms with Crippen molar-refractivity contribution >= 4 is 15.8 Å². The molecule has 0 aliphatic rings. The van der Waals surface area contributed by atoms with Crippen molar-refractivity contribution in [2.75, 3.05) is 5.32 Å². The lowest BCUT2D eigenvalue weighted by atomic mass is 10.1. The van der Waals surface area contributed by atoms with Crippen LogP contribution >= 0.6 is 0 Å². The molecule has 3 N–H and O–H groups in total. The van der Waals surface area contributed by atoms with E-state index in [0.717, 1.165) is 11.1 Å². The van der Waals surface area contributed by atoms with Gasteiger partial charge in [0.25, 0.3) is 0 Å². The minimum atomic E-state index is -3.69. The molecule has 0 unspecified atom stereocenters. The van der Waals surface area contributed by atoms with Gasteiger partial charge in [-0.3, -0.25) is 0 Å². The monoisotopic (exact) mass is 317 g/mol. The molecule has 0 atom stereocenters. The Kier molecular flexibility index (Phi) is 4.40. The lowest BCUT2D eigenvalue weighted by molar-refractivity contribution is 0.598. The molecular formula is C14H15N5O2S. The molecule has 1 heterocycles. The molecule has 0 fully saturated rings. The van der Waals surface area contributed by atoms with Crippen LogP contribution in [0.15, 0.2) is 29.2 Å². The minimum Gasteiger partial charge on any atom is -0.363 e. The molecule has 22 heavy (non-hydrogen) atoms. The summed E-state index contributed by atoms with van der Waals surface area (Å²) in [6, 6.07) is 8.27. The molecule has 0 saturated carbocycles. The Morgan fingerprint density at radius 2 is 1.86 bits per heavy atom. The Balaban J connectivity index is 2.18. The van der Waals surface area contributed by atoms with Gasteiger partial charge in [0, 0.05) is 6.54 Å². The molecule has 1 aromatic carbocycles. The third kappa shape index (κ3) is 3.39. The molecule has 0 aliphatic heterocycles. The molecule has 2 rings (SSSR count). The highest BCUT2D eigenvalue weighted by Crippen LogP contribution is 2.18. The number of anilines is 1. The molecule has 2 aromatic rings. The predicted octanol–water partition coefficient (Wildman–Crippen LogP) is 1.22. The summed E-state index contributed by atoms with van der Waals surface area (Å²) < 4.78 is 22.4. The second-order valence-electron chi connectivity index (χ2n) is 4.79. The fourth-order valence-electron chi connectivity index (χ4n) is 1.85. The zero-order valence-electron chi connectivity index (χ0n) is 12.2. The van der Waals surface area contributed by atoms with E-state index < -0.39 is 10.0 Å². The second-order valence-corrected chi connectivity index (χ2v) is 6.35. The Hall–Kier alpha value is -2.50. The quantitative estimate of drug-likeness (QED) is 0.874. The van der Waals surface area contributed by atoms with E-state index >= 15 is 0 Å². The van der Waals surface area contributed by atoms with Gasteiger partial charge in [-0.1, -0.05) is 12.1 Å². The summed E-state index contributed by atoms with van der Waals surface area (Å²) in [6.45, 7) is 3.99. The number of aryl methyl sites for hydroxylation is 1. The van der Waals surface area contributed by atoms with E-state index in [1.54, 1.807) is 19.1 Å². The normalized spacial score (nSPS) is 11.0. The molecule has 114 valence electrons. The van der Waals surface area contributed by atoms with Crippen LogP contribution in [0.5, 0.6) is 0 Å². The smallest absolute Gasteiger partial charge is 0.238 e. The summed E-state index contributed by atoms with van der Waals surface area (Å²) >= 11 is 0. The van der Waals surface area contributed by atoms with Crippen LogP contribution in [0.1, 0.15) is 22.4 Å². The van der Waals surface area contributed by atoms with Crippen molar-refractivity contribution in [3.05, 3.63) is 46.6 Å². The highest BCUT2D eigenvalue weighted by atomic mass is 32.2. The highest BCUT2D eigenvalue weighted by molar-refractivity contribution is 7.89. The molecule has 0 aliphatic carbocycles. The molecule has 7 nitrogen and oxygen atoms in total. The number of hydrogen-bond acceptors (Lipinski definition) is 6. The summed E-state index contributed by atoms with van der Waals surface area (Å²) in [4.78, 5) is 0.0555. The maximum Gasteiger partial charge on any atom is 0.238 e. The third-order valence-electron chi connectivity index (χ3n) is 3.28. The van der Waals surface area contributed by atoms with Crippen LogP contribution in [-0.4, -0.2) is 18.6 Å². The lowest BCUT2D eigenvalue weighted by Crippen LogP contribution is -2.12. The first-order valence-electron chi connectivity index (χ1n) is 6.42. The summed E-state index contributed by atoms with van der Waals surface area (Å²) in [5.74, 6) is 0.404. The number of benzene rings is 1. The zero-order valence-corrected chi connectivity index (χ0v) is 13.0. The number of sulfonamides is 1. The number of nitrogens with two attached hydrogens (primary N) is 1. The van der Waals surface area contributed by atoms with Crippen molar-refractivity contribution in [3.63, 3.8) is 0 Å². The van der Waals surface area contributed by atoms with Gasteiger partial charge in [-0.2, -0.15) is 10.4 Å². The van der Waals surface area contributed by atoms with Gasteiger partial charge in [0.05, 0.1) is 10.6 Å². The first kappa shape index (κ1) is 15.9.